The Labute approximate surface area is 257 Å². The number of fused-ring (bicyclic) bond motifs is 1. The van der Waals surface area contributed by atoms with E-state index in [1.54, 1.807) is 18.0 Å². The third-order valence-electron chi connectivity index (χ3n) is 6.67. The topological polar surface area (TPSA) is 127 Å². The van der Waals surface area contributed by atoms with Crippen LogP contribution in [0.2, 0.25) is 0 Å². The fraction of sp³-hybridized carbons (Fsp3) is 0.333. The number of thiazole rings is 1. The summed E-state index contributed by atoms with van der Waals surface area (Å²) in [4.78, 5) is 28.1. The number of Topliss-reactive ketones (excluding diaryl/α,β-unsaturated/α-hetero) is 1. The Hall–Kier alpha value is -4.00. The summed E-state index contributed by atoms with van der Waals surface area (Å²) in [6, 6.07) is 8.34. The van der Waals surface area contributed by atoms with Gasteiger partial charge in [-0.1, -0.05) is 23.5 Å². The predicted molar refractivity (Wildman–Crippen MR) is 153 cm³/mol. The van der Waals surface area contributed by atoms with Crippen LogP contribution >= 0.6 is 11.3 Å². The van der Waals surface area contributed by atoms with Gasteiger partial charge in [0.15, 0.2) is 16.6 Å². The van der Waals surface area contributed by atoms with Crippen molar-refractivity contribution < 1.29 is 44.6 Å². The molecule has 240 valence electrons. The molecule has 3 heterocycles. The maximum atomic E-state index is 13.7. The first-order valence-corrected chi connectivity index (χ1v) is 15.5. The third kappa shape index (κ3) is 7.99. The number of ketones is 1. The highest BCUT2D eigenvalue weighted by Crippen LogP contribution is 2.32. The molecule has 1 atom stereocenters. The standard InChI is InChI=1S/C27H25F5N6O5S2/c1-16-34-14-23-24(35-16)36-26(44-23)37-10-11-38(45(40,41)20-8-6-19(7-9-20)43-27(30,31)32)21(15-37)22(39)13-33-12-17-2-4-18(5-3-17)42-25(28)29/h2-9,14,21,25,33H,10-13,15H2,1H3/t21-/m1/s1. The molecule has 2 aromatic carbocycles. The molecular weight excluding hydrogens is 647 g/mol. The number of hydrogen-bond acceptors (Lipinski definition) is 11. The summed E-state index contributed by atoms with van der Waals surface area (Å²) in [7, 11) is -4.34. The third-order valence-corrected chi connectivity index (χ3v) is 9.64. The van der Waals surface area contributed by atoms with Gasteiger partial charge in [-0.05, 0) is 48.9 Å². The van der Waals surface area contributed by atoms with Gasteiger partial charge in [0.2, 0.25) is 10.0 Å². The summed E-state index contributed by atoms with van der Waals surface area (Å²) >= 11 is 1.29. The summed E-state index contributed by atoms with van der Waals surface area (Å²) < 4.78 is 99.9. The molecule has 18 heteroatoms. The first-order chi connectivity index (χ1) is 21.3. The molecule has 11 nitrogen and oxygen atoms in total. The lowest BCUT2D eigenvalue weighted by Crippen LogP contribution is -2.59. The number of nitrogens with zero attached hydrogens (tertiary/aromatic N) is 5. The number of sulfonamides is 1. The lowest BCUT2D eigenvalue weighted by Gasteiger charge is -2.39. The molecule has 0 amide bonds. The van der Waals surface area contributed by atoms with E-state index in [0.29, 0.717) is 26.9 Å². The minimum Gasteiger partial charge on any atom is -0.435 e. The largest absolute Gasteiger partial charge is 0.573 e. The zero-order chi connectivity index (χ0) is 32.4. The van der Waals surface area contributed by atoms with Gasteiger partial charge in [0.25, 0.3) is 0 Å². The molecule has 1 fully saturated rings. The number of halogens is 5. The van der Waals surface area contributed by atoms with E-state index in [1.165, 1.54) is 35.6 Å². The zero-order valence-corrected chi connectivity index (χ0v) is 25.0. The number of aromatic nitrogens is 3. The second-order valence-electron chi connectivity index (χ2n) is 9.79. The van der Waals surface area contributed by atoms with E-state index in [0.717, 1.165) is 28.6 Å². The van der Waals surface area contributed by atoms with Gasteiger partial charge in [-0.2, -0.15) is 18.1 Å². The Morgan fingerprint density at radius 3 is 2.42 bits per heavy atom. The molecule has 2 aromatic heterocycles. The van der Waals surface area contributed by atoms with Crippen LogP contribution in [-0.4, -0.2) is 78.7 Å². The van der Waals surface area contributed by atoms with Gasteiger partial charge in [-0.15, -0.1) is 13.2 Å². The van der Waals surface area contributed by atoms with E-state index in [-0.39, 0.29) is 43.4 Å². The minimum atomic E-state index is -4.95. The Morgan fingerprint density at radius 1 is 1.07 bits per heavy atom. The summed E-state index contributed by atoms with van der Waals surface area (Å²) in [5.74, 6) is -0.569. The number of aryl methyl sites for hydroxylation is 1. The van der Waals surface area contributed by atoms with Gasteiger partial charge in [0, 0.05) is 26.2 Å². The van der Waals surface area contributed by atoms with Crippen LogP contribution in [0.5, 0.6) is 11.5 Å². The highest BCUT2D eigenvalue weighted by Gasteiger charge is 2.41. The normalized spacial score (nSPS) is 16.3. The highest BCUT2D eigenvalue weighted by molar-refractivity contribution is 7.89. The number of carbonyl (C=O) groups excluding carboxylic acids is 1. The van der Waals surface area contributed by atoms with E-state index < -0.39 is 40.6 Å². The predicted octanol–water partition coefficient (Wildman–Crippen LogP) is 4.13. The molecular formula is C27H25F5N6O5S2. The van der Waals surface area contributed by atoms with Crippen molar-refractivity contribution in [3.8, 4) is 11.5 Å². The van der Waals surface area contributed by atoms with Crippen LogP contribution in [0.3, 0.4) is 0 Å². The molecule has 1 aliphatic heterocycles. The maximum Gasteiger partial charge on any atom is 0.573 e. The van der Waals surface area contributed by atoms with E-state index in [4.69, 9.17) is 0 Å². The van der Waals surface area contributed by atoms with Crippen molar-refractivity contribution >= 4 is 42.6 Å². The first kappa shape index (κ1) is 32.4. The lowest BCUT2D eigenvalue weighted by atomic mass is 10.1. The van der Waals surface area contributed by atoms with Crippen molar-refractivity contribution in [1.29, 1.82) is 0 Å². The number of piperazine rings is 1. The Morgan fingerprint density at radius 2 is 1.76 bits per heavy atom. The molecule has 5 rings (SSSR count). The van der Waals surface area contributed by atoms with Crippen molar-refractivity contribution in [2.45, 2.75) is 37.4 Å². The summed E-state index contributed by atoms with van der Waals surface area (Å²) in [6.07, 6.45) is -3.32. The van der Waals surface area contributed by atoms with Gasteiger partial charge in [-0.3, -0.25) is 4.79 Å². The molecule has 4 aromatic rings. The maximum absolute atomic E-state index is 13.7. The number of rotatable bonds is 11. The average molecular weight is 673 g/mol. The Kier molecular flexibility index (Phi) is 9.47. The number of benzene rings is 2. The van der Waals surface area contributed by atoms with Crippen molar-refractivity contribution in [3.05, 3.63) is 66.1 Å². The molecule has 0 unspecified atom stereocenters. The monoisotopic (exact) mass is 672 g/mol. The molecule has 0 spiro atoms. The fourth-order valence-corrected chi connectivity index (χ4v) is 7.13. The molecule has 1 saturated heterocycles. The van der Waals surface area contributed by atoms with Crippen LogP contribution in [0, 0.1) is 6.92 Å². The smallest absolute Gasteiger partial charge is 0.435 e. The second kappa shape index (κ2) is 13.2. The molecule has 0 bridgehead atoms. The number of alkyl halides is 5. The fourth-order valence-electron chi connectivity index (χ4n) is 4.62. The van der Waals surface area contributed by atoms with Gasteiger partial charge < -0.3 is 19.7 Å². The summed E-state index contributed by atoms with van der Waals surface area (Å²) in [6.45, 7) is -1.33. The van der Waals surface area contributed by atoms with Gasteiger partial charge >= 0.3 is 13.0 Å². The van der Waals surface area contributed by atoms with Gasteiger partial charge in [-0.25, -0.2) is 18.4 Å². The highest BCUT2D eigenvalue weighted by atomic mass is 32.2. The van der Waals surface area contributed by atoms with Crippen LogP contribution in [0.4, 0.5) is 27.1 Å². The van der Waals surface area contributed by atoms with E-state index in [1.807, 2.05) is 0 Å². The molecule has 0 saturated carbocycles. The number of carbonyl (C=O) groups is 1. The van der Waals surface area contributed by atoms with Crippen LogP contribution in [0.25, 0.3) is 10.3 Å². The minimum absolute atomic E-state index is 0.0260. The van der Waals surface area contributed by atoms with Crippen LogP contribution in [0.15, 0.2) is 59.6 Å². The number of hydrogen-bond donors (Lipinski definition) is 1. The van der Waals surface area contributed by atoms with Crippen LogP contribution < -0.4 is 19.7 Å². The van der Waals surface area contributed by atoms with Crippen molar-refractivity contribution in [2.24, 2.45) is 0 Å². The van der Waals surface area contributed by atoms with Crippen LogP contribution in [-0.2, 0) is 21.4 Å². The molecule has 0 aliphatic carbocycles. The molecule has 1 aliphatic rings. The van der Waals surface area contributed by atoms with Crippen molar-refractivity contribution in [1.82, 2.24) is 24.6 Å². The average Bonchev–Trinajstić information content (AvgIpc) is 3.40. The van der Waals surface area contributed by atoms with Gasteiger partial charge in [0.05, 0.1) is 22.3 Å². The lowest BCUT2D eigenvalue weighted by molar-refractivity contribution is -0.274. The number of anilines is 1. The van der Waals surface area contributed by atoms with E-state index in [9.17, 15) is 35.2 Å². The second-order valence-corrected chi connectivity index (χ2v) is 12.7. The SMILES string of the molecule is Cc1ncc2sc(N3CCN(S(=O)(=O)c4ccc(OC(F)(F)F)cc4)[C@@H](C(=O)CNCc4ccc(OC(F)F)cc4)C3)nc2n1. The van der Waals surface area contributed by atoms with Crippen molar-refractivity contribution in [3.63, 3.8) is 0 Å². The Balaban J connectivity index is 1.35. The Bertz CT molecular complexity index is 1750. The first-order valence-electron chi connectivity index (χ1n) is 13.3. The van der Waals surface area contributed by atoms with Crippen LogP contribution in [0.1, 0.15) is 11.4 Å². The summed E-state index contributed by atoms with van der Waals surface area (Å²) in [5.41, 5.74) is 1.12. The molecule has 1 N–H and O–H groups in total. The zero-order valence-electron chi connectivity index (χ0n) is 23.4. The number of ether oxygens (including phenoxy) is 2. The quantitative estimate of drug-likeness (QED) is 0.233. The number of nitrogens with one attached hydrogen (secondary N) is 1. The van der Waals surface area contributed by atoms with Gasteiger partial charge in [0.1, 0.15) is 23.4 Å². The van der Waals surface area contributed by atoms with E-state index in [2.05, 4.69) is 29.7 Å². The molecule has 0 radical (unpaired) electrons. The van der Waals surface area contributed by atoms with Crippen molar-refractivity contribution in [2.75, 3.05) is 31.1 Å². The summed E-state index contributed by atoms with van der Waals surface area (Å²) in [5, 5.41) is 3.47. The molecule has 45 heavy (non-hydrogen) atoms. The van der Waals surface area contributed by atoms with E-state index >= 15 is 0 Å².